The summed E-state index contributed by atoms with van der Waals surface area (Å²) in [4.78, 5) is 12.2. The summed E-state index contributed by atoms with van der Waals surface area (Å²) in [5.41, 5.74) is 5.38. The van der Waals surface area contributed by atoms with Gasteiger partial charge in [0.05, 0.1) is 20.5 Å². The molecule has 0 fully saturated rings. The summed E-state index contributed by atoms with van der Waals surface area (Å²) >= 11 is 0. The summed E-state index contributed by atoms with van der Waals surface area (Å²) in [6.45, 7) is 7.75. The molecule has 5 heteroatoms. The van der Waals surface area contributed by atoms with Crippen molar-refractivity contribution in [1.29, 1.82) is 0 Å². The van der Waals surface area contributed by atoms with Crippen LogP contribution in [0, 0.1) is 6.92 Å². The molecule has 1 amide bonds. The maximum Gasteiger partial charge on any atom is 0.244 e. The molecular formula is C24H27NO4. The molecule has 3 aromatic rings. The summed E-state index contributed by atoms with van der Waals surface area (Å²) in [6, 6.07) is 9.95. The zero-order valence-electron chi connectivity index (χ0n) is 17.8. The maximum atomic E-state index is 12.2. The average molecular weight is 393 g/mol. The number of carbonyl (C=O) groups is 1. The molecule has 3 rings (SSSR count). The van der Waals surface area contributed by atoms with E-state index in [4.69, 9.17) is 13.9 Å². The van der Waals surface area contributed by atoms with Crippen molar-refractivity contribution in [2.45, 2.75) is 33.7 Å². The Morgan fingerprint density at radius 2 is 1.83 bits per heavy atom. The number of aryl methyl sites for hydroxylation is 1. The van der Waals surface area contributed by atoms with Gasteiger partial charge in [-0.25, -0.2) is 0 Å². The van der Waals surface area contributed by atoms with E-state index < -0.39 is 0 Å². The van der Waals surface area contributed by atoms with Crippen LogP contribution >= 0.6 is 0 Å². The number of benzene rings is 2. The molecular weight excluding hydrogens is 366 g/mol. The number of ether oxygens (including phenoxy) is 2. The zero-order valence-corrected chi connectivity index (χ0v) is 17.8. The van der Waals surface area contributed by atoms with Gasteiger partial charge in [0.25, 0.3) is 0 Å². The van der Waals surface area contributed by atoms with E-state index in [1.807, 2.05) is 58.0 Å². The molecule has 0 aliphatic carbocycles. The van der Waals surface area contributed by atoms with Crippen LogP contribution in [0.25, 0.3) is 27.7 Å². The van der Waals surface area contributed by atoms with Gasteiger partial charge in [-0.3, -0.25) is 4.79 Å². The highest BCUT2D eigenvalue weighted by Crippen LogP contribution is 2.40. The van der Waals surface area contributed by atoms with Gasteiger partial charge >= 0.3 is 0 Å². The van der Waals surface area contributed by atoms with Gasteiger partial charge in [0.1, 0.15) is 17.1 Å². The molecule has 0 saturated heterocycles. The number of hydrogen-bond donors (Lipinski definition) is 1. The van der Waals surface area contributed by atoms with E-state index in [2.05, 4.69) is 5.32 Å². The second-order valence-corrected chi connectivity index (χ2v) is 7.33. The Labute approximate surface area is 171 Å². The van der Waals surface area contributed by atoms with E-state index in [0.717, 1.165) is 44.5 Å². The minimum atomic E-state index is -0.125. The van der Waals surface area contributed by atoms with Crippen molar-refractivity contribution in [2.24, 2.45) is 0 Å². The van der Waals surface area contributed by atoms with Crippen LogP contribution in [0.4, 0.5) is 0 Å². The Morgan fingerprint density at radius 3 is 2.41 bits per heavy atom. The minimum Gasteiger partial charge on any atom is -0.497 e. The van der Waals surface area contributed by atoms with Crippen LogP contribution in [0.1, 0.15) is 31.9 Å². The van der Waals surface area contributed by atoms with Gasteiger partial charge in [0.15, 0.2) is 0 Å². The van der Waals surface area contributed by atoms with Crippen molar-refractivity contribution < 1.29 is 18.7 Å². The summed E-state index contributed by atoms with van der Waals surface area (Å²) in [5.74, 6) is 1.38. The number of hydrogen-bond acceptors (Lipinski definition) is 4. The van der Waals surface area contributed by atoms with Crippen LogP contribution in [0.3, 0.4) is 0 Å². The SMILES string of the molecule is COc1ccc(-c2coc3c(C)c(OC)c(/C(C)=C/C(=O)NC(C)C)cc23)cc1. The fourth-order valence-corrected chi connectivity index (χ4v) is 3.47. The summed E-state index contributed by atoms with van der Waals surface area (Å²) < 4.78 is 16.8. The van der Waals surface area contributed by atoms with Crippen molar-refractivity contribution >= 4 is 22.4 Å². The largest absolute Gasteiger partial charge is 0.497 e. The van der Waals surface area contributed by atoms with Crippen LogP contribution in [-0.2, 0) is 4.79 Å². The van der Waals surface area contributed by atoms with E-state index in [0.29, 0.717) is 5.75 Å². The molecule has 0 unspecified atom stereocenters. The summed E-state index contributed by atoms with van der Waals surface area (Å²) in [7, 11) is 3.28. The summed E-state index contributed by atoms with van der Waals surface area (Å²) in [6.07, 6.45) is 3.36. The van der Waals surface area contributed by atoms with Crippen molar-refractivity contribution in [3.63, 3.8) is 0 Å². The Bertz CT molecular complexity index is 1060. The molecule has 0 saturated carbocycles. The summed E-state index contributed by atoms with van der Waals surface area (Å²) in [5, 5.41) is 3.86. The Morgan fingerprint density at radius 1 is 1.14 bits per heavy atom. The molecule has 0 bridgehead atoms. The van der Waals surface area contributed by atoms with Crippen molar-refractivity contribution in [3.05, 3.63) is 53.8 Å². The van der Waals surface area contributed by atoms with Gasteiger partial charge < -0.3 is 19.2 Å². The lowest BCUT2D eigenvalue weighted by molar-refractivity contribution is -0.116. The molecule has 0 atom stereocenters. The lowest BCUT2D eigenvalue weighted by atomic mass is 9.96. The number of nitrogens with one attached hydrogen (secondary N) is 1. The number of amides is 1. The Kier molecular flexibility index (Phi) is 5.97. The first-order chi connectivity index (χ1) is 13.8. The highest BCUT2D eigenvalue weighted by atomic mass is 16.5. The molecule has 0 radical (unpaired) electrons. The monoisotopic (exact) mass is 393 g/mol. The van der Waals surface area contributed by atoms with Gasteiger partial charge in [-0.15, -0.1) is 0 Å². The highest BCUT2D eigenvalue weighted by molar-refractivity contribution is 6.01. The number of allylic oxidation sites excluding steroid dienone is 1. The van der Waals surface area contributed by atoms with E-state index >= 15 is 0 Å². The molecule has 0 spiro atoms. The molecule has 2 aromatic carbocycles. The number of rotatable bonds is 6. The standard InChI is InChI=1S/C24H27NO4/c1-14(2)25-22(26)11-15(3)19-12-20-21(17-7-9-18(27-5)10-8-17)13-29-24(20)16(4)23(19)28-6/h7-14H,1-6H3,(H,25,26)/b15-11+. The topological polar surface area (TPSA) is 60.7 Å². The van der Waals surface area contributed by atoms with Gasteiger partial charge in [-0.1, -0.05) is 12.1 Å². The first-order valence-corrected chi connectivity index (χ1v) is 9.58. The van der Waals surface area contributed by atoms with E-state index in [-0.39, 0.29) is 11.9 Å². The smallest absolute Gasteiger partial charge is 0.244 e. The maximum absolute atomic E-state index is 12.2. The quantitative estimate of drug-likeness (QED) is 0.573. The van der Waals surface area contributed by atoms with Crippen LogP contribution in [0.5, 0.6) is 11.5 Å². The molecule has 5 nitrogen and oxygen atoms in total. The fourth-order valence-electron chi connectivity index (χ4n) is 3.47. The molecule has 29 heavy (non-hydrogen) atoms. The van der Waals surface area contributed by atoms with E-state index in [1.165, 1.54) is 0 Å². The lowest BCUT2D eigenvalue weighted by Gasteiger charge is -2.14. The predicted molar refractivity (Wildman–Crippen MR) is 116 cm³/mol. The second-order valence-electron chi connectivity index (χ2n) is 7.33. The van der Waals surface area contributed by atoms with Crippen LogP contribution < -0.4 is 14.8 Å². The highest BCUT2D eigenvalue weighted by Gasteiger charge is 2.19. The lowest BCUT2D eigenvalue weighted by Crippen LogP contribution is -2.28. The molecule has 0 aliphatic rings. The third kappa shape index (κ3) is 4.14. The first-order valence-electron chi connectivity index (χ1n) is 9.58. The van der Waals surface area contributed by atoms with Gasteiger partial charge in [0.2, 0.25) is 5.91 Å². The Balaban J connectivity index is 2.15. The number of methoxy groups -OCH3 is 2. The average Bonchev–Trinajstić information content (AvgIpc) is 3.11. The number of furan rings is 1. The van der Waals surface area contributed by atoms with Crippen molar-refractivity contribution in [2.75, 3.05) is 14.2 Å². The predicted octanol–water partition coefficient (Wildman–Crippen LogP) is 5.35. The van der Waals surface area contributed by atoms with Crippen LogP contribution in [0.15, 0.2) is 47.1 Å². The zero-order chi connectivity index (χ0) is 21.1. The third-order valence-corrected chi connectivity index (χ3v) is 4.85. The molecule has 0 aliphatic heterocycles. The fraction of sp³-hybridized carbons (Fsp3) is 0.292. The normalized spacial score (nSPS) is 11.8. The first kappa shape index (κ1) is 20.5. The molecule has 1 heterocycles. The number of fused-ring (bicyclic) bond motifs is 1. The third-order valence-electron chi connectivity index (χ3n) is 4.85. The minimum absolute atomic E-state index is 0.0770. The van der Waals surface area contributed by atoms with E-state index in [1.54, 1.807) is 26.6 Å². The van der Waals surface area contributed by atoms with Crippen molar-refractivity contribution in [1.82, 2.24) is 5.32 Å². The van der Waals surface area contributed by atoms with Crippen LogP contribution in [-0.4, -0.2) is 26.2 Å². The number of carbonyl (C=O) groups excluding carboxylic acids is 1. The molecule has 1 aromatic heterocycles. The van der Waals surface area contributed by atoms with Gasteiger partial charge in [-0.2, -0.15) is 0 Å². The van der Waals surface area contributed by atoms with Gasteiger partial charge in [0, 0.05) is 34.2 Å². The van der Waals surface area contributed by atoms with Gasteiger partial charge in [-0.05, 0) is 57.0 Å². The second kappa shape index (κ2) is 8.43. The van der Waals surface area contributed by atoms with Crippen LogP contribution in [0.2, 0.25) is 0 Å². The molecule has 1 N–H and O–H groups in total. The van der Waals surface area contributed by atoms with Crippen molar-refractivity contribution in [3.8, 4) is 22.6 Å². The molecule has 152 valence electrons. The van der Waals surface area contributed by atoms with E-state index in [9.17, 15) is 4.79 Å². The Hall–Kier alpha value is -3.21.